The van der Waals surface area contributed by atoms with E-state index in [-0.39, 0.29) is 6.10 Å². The van der Waals surface area contributed by atoms with E-state index in [2.05, 4.69) is 52.8 Å². The molecule has 1 aromatic carbocycles. The molecule has 0 saturated heterocycles. The van der Waals surface area contributed by atoms with Gasteiger partial charge in [0.05, 0.1) is 0 Å². The Morgan fingerprint density at radius 3 is 2.45 bits per heavy atom. The van der Waals surface area contributed by atoms with Crippen molar-refractivity contribution in [2.45, 2.75) is 65.3 Å². The van der Waals surface area contributed by atoms with E-state index in [4.69, 9.17) is 9.73 Å². The molecule has 0 saturated carbocycles. The minimum atomic E-state index is 0.251. The van der Waals surface area contributed by atoms with E-state index in [0.29, 0.717) is 15.0 Å². The van der Waals surface area contributed by atoms with Crippen LogP contribution in [0.15, 0.2) is 23.2 Å². The van der Waals surface area contributed by atoms with E-state index in [1.165, 1.54) is 29.3 Å². The molecule has 0 heterocycles. The van der Waals surface area contributed by atoms with Crippen LogP contribution in [0.2, 0.25) is 5.32 Å². The normalized spacial score (nSPS) is 13.3. The Hall–Kier alpha value is -0.791. The summed E-state index contributed by atoms with van der Waals surface area (Å²) in [5.41, 5.74) is 3.53. The Bertz CT molecular complexity index is 422. The first-order valence-electron chi connectivity index (χ1n) is 7.52. The van der Waals surface area contributed by atoms with Crippen LogP contribution in [0.3, 0.4) is 0 Å². The fourth-order valence-electron chi connectivity index (χ4n) is 1.73. The van der Waals surface area contributed by atoms with E-state index >= 15 is 0 Å². The van der Waals surface area contributed by atoms with E-state index in [1.807, 2.05) is 0 Å². The first kappa shape index (κ1) is 17.3. The Labute approximate surface area is 130 Å². The van der Waals surface area contributed by atoms with Crippen molar-refractivity contribution in [2.75, 3.05) is 0 Å². The van der Waals surface area contributed by atoms with Gasteiger partial charge in [-0.25, -0.2) is 0 Å². The van der Waals surface area contributed by atoms with Crippen LogP contribution in [-0.4, -0.2) is 25.9 Å². The fourth-order valence-corrected chi connectivity index (χ4v) is 3.81. The number of para-hydroxylation sites is 1. The quantitative estimate of drug-likeness (QED) is 0.295. The zero-order valence-corrected chi connectivity index (χ0v) is 15.1. The van der Waals surface area contributed by atoms with Gasteiger partial charge in [-0.2, -0.15) is 0 Å². The minimum absolute atomic E-state index is 0.251. The van der Waals surface area contributed by atoms with Crippen LogP contribution in [-0.2, 0) is 4.74 Å². The van der Waals surface area contributed by atoms with Gasteiger partial charge in [0.1, 0.15) is 0 Å². The van der Waals surface area contributed by atoms with Crippen LogP contribution in [0.4, 0.5) is 5.69 Å². The van der Waals surface area contributed by atoms with E-state index < -0.39 is 0 Å². The summed E-state index contributed by atoms with van der Waals surface area (Å²) in [7, 11) is 0. The van der Waals surface area contributed by atoms with Crippen molar-refractivity contribution in [1.29, 1.82) is 0 Å². The van der Waals surface area contributed by atoms with Crippen molar-refractivity contribution in [1.82, 2.24) is 0 Å². The number of nitrogens with zero attached hydrogens (tertiary/aromatic N) is 1. The molecular weight excluding hydrogens is 313 g/mol. The molecule has 1 atom stereocenters. The van der Waals surface area contributed by atoms with Crippen molar-refractivity contribution in [3.05, 3.63) is 29.3 Å². The number of hydrogen-bond acceptors (Lipinski definition) is 2. The van der Waals surface area contributed by atoms with Gasteiger partial charge in [-0.1, -0.05) is 0 Å². The molecule has 0 spiro atoms. The van der Waals surface area contributed by atoms with Crippen LogP contribution in [0.1, 0.15) is 51.2 Å². The SMILES string of the molecule is CCCC[Se]C(=Nc1c(C)cccc1C)OC(C)CC. The molecule has 1 rings (SSSR count). The molecule has 0 aromatic heterocycles. The molecule has 20 heavy (non-hydrogen) atoms. The van der Waals surface area contributed by atoms with Gasteiger partial charge in [0.2, 0.25) is 0 Å². The molecule has 0 aliphatic rings. The van der Waals surface area contributed by atoms with Crippen LogP contribution in [0.5, 0.6) is 0 Å². The van der Waals surface area contributed by atoms with Crippen molar-refractivity contribution in [2.24, 2.45) is 4.99 Å². The van der Waals surface area contributed by atoms with Crippen LogP contribution in [0.25, 0.3) is 0 Å². The van der Waals surface area contributed by atoms with Gasteiger partial charge in [-0.05, 0) is 0 Å². The standard InChI is InChI=1S/C17H27NOSe/c1-6-8-12-20-17(19-15(5)7-2)18-16-13(3)10-9-11-14(16)4/h9-11,15H,6-8,12H2,1-5H3. The molecular formula is C17H27NOSe. The third-order valence-corrected chi connectivity index (χ3v) is 5.19. The molecule has 0 fully saturated rings. The number of aliphatic imine (C=N–C) groups is 1. The molecule has 0 aliphatic heterocycles. The second kappa shape index (κ2) is 9.20. The maximum absolute atomic E-state index is 6.04. The Kier molecular flexibility index (Phi) is 7.94. The van der Waals surface area contributed by atoms with Crippen LogP contribution >= 0.6 is 0 Å². The molecule has 3 heteroatoms. The average Bonchev–Trinajstić information content (AvgIpc) is 2.42. The average molecular weight is 340 g/mol. The maximum atomic E-state index is 6.04. The van der Waals surface area contributed by atoms with Gasteiger partial charge in [-0.3, -0.25) is 0 Å². The summed E-state index contributed by atoms with van der Waals surface area (Å²) < 4.78 is 6.04. The van der Waals surface area contributed by atoms with Gasteiger partial charge >= 0.3 is 130 Å². The summed E-state index contributed by atoms with van der Waals surface area (Å²) in [4.78, 5) is 5.80. The van der Waals surface area contributed by atoms with Gasteiger partial charge in [0.15, 0.2) is 0 Å². The summed E-state index contributed by atoms with van der Waals surface area (Å²) in [6.45, 7) is 10.7. The van der Waals surface area contributed by atoms with Crippen molar-refractivity contribution >= 4 is 25.4 Å². The fraction of sp³-hybridized carbons (Fsp3) is 0.588. The summed E-state index contributed by atoms with van der Waals surface area (Å²) >= 11 is 0.341. The first-order valence-corrected chi connectivity index (χ1v) is 9.59. The molecule has 1 aromatic rings. The molecule has 0 amide bonds. The predicted molar refractivity (Wildman–Crippen MR) is 89.3 cm³/mol. The third kappa shape index (κ3) is 5.68. The van der Waals surface area contributed by atoms with E-state index in [1.54, 1.807) is 0 Å². The monoisotopic (exact) mass is 341 g/mol. The summed E-state index contributed by atoms with van der Waals surface area (Å²) in [6, 6.07) is 6.32. The molecule has 0 aliphatic carbocycles. The topological polar surface area (TPSA) is 21.6 Å². The first-order chi connectivity index (χ1) is 9.58. The number of rotatable bonds is 7. The molecule has 2 nitrogen and oxygen atoms in total. The van der Waals surface area contributed by atoms with Crippen molar-refractivity contribution in [3.8, 4) is 0 Å². The second-order valence-corrected chi connectivity index (χ2v) is 7.35. The van der Waals surface area contributed by atoms with Gasteiger partial charge < -0.3 is 0 Å². The molecule has 0 N–H and O–H groups in total. The summed E-state index contributed by atoms with van der Waals surface area (Å²) in [5, 5.41) is 1.21. The Balaban J connectivity index is 2.92. The predicted octanol–water partition coefficient (Wildman–Crippen LogP) is 5.03. The number of benzene rings is 1. The van der Waals surface area contributed by atoms with Crippen LogP contribution < -0.4 is 0 Å². The van der Waals surface area contributed by atoms with Crippen molar-refractivity contribution in [3.63, 3.8) is 0 Å². The number of aryl methyl sites for hydroxylation is 2. The summed E-state index contributed by atoms with van der Waals surface area (Å²) in [6.07, 6.45) is 3.77. The third-order valence-electron chi connectivity index (χ3n) is 3.24. The number of ether oxygens (including phenoxy) is 1. The molecule has 112 valence electrons. The van der Waals surface area contributed by atoms with Crippen LogP contribution in [0, 0.1) is 13.8 Å². The number of hydrogen-bond donors (Lipinski definition) is 0. The Morgan fingerprint density at radius 2 is 1.90 bits per heavy atom. The molecule has 0 radical (unpaired) electrons. The number of unbranched alkanes of at least 4 members (excludes halogenated alkanes) is 1. The van der Waals surface area contributed by atoms with E-state index in [0.717, 1.165) is 16.9 Å². The zero-order chi connectivity index (χ0) is 15.0. The Morgan fingerprint density at radius 1 is 1.25 bits per heavy atom. The van der Waals surface area contributed by atoms with E-state index in [9.17, 15) is 0 Å². The van der Waals surface area contributed by atoms with Gasteiger partial charge in [0.25, 0.3) is 0 Å². The zero-order valence-electron chi connectivity index (χ0n) is 13.4. The van der Waals surface area contributed by atoms with Gasteiger partial charge in [0, 0.05) is 0 Å². The second-order valence-electron chi connectivity index (χ2n) is 5.16. The van der Waals surface area contributed by atoms with Gasteiger partial charge in [-0.15, -0.1) is 0 Å². The molecule has 1 unspecified atom stereocenters. The summed E-state index contributed by atoms with van der Waals surface area (Å²) in [5.74, 6) is 0. The van der Waals surface area contributed by atoms with Crippen molar-refractivity contribution < 1.29 is 4.74 Å². The molecule has 0 bridgehead atoms.